The van der Waals surface area contributed by atoms with E-state index in [0.29, 0.717) is 10.9 Å². The lowest BCUT2D eigenvalue weighted by atomic mass is 10.1. The largest absolute Gasteiger partial charge is 0.322 e. The van der Waals surface area contributed by atoms with Gasteiger partial charge in [0.25, 0.3) is 5.91 Å². The van der Waals surface area contributed by atoms with Crippen molar-refractivity contribution in [1.29, 1.82) is 0 Å². The summed E-state index contributed by atoms with van der Waals surface area (Å²) < 4.78 is 13.5. The first kappa shape index (κ1) is 10.6. The quantitative estimate of drug-likeness (QED) is 0.563. The topological polar surface area (TPSA) is 55.2 Å². The summed E-state index contributed by atoms with van der Waals surface area (Å²) in [7, 11) is -0.980. The molecule has 7 heteroatoms. The van der Waals surface area contributed by atoms with E-state index in [-0.39, 0.29) is 11.3 Å². The summed E-state index contributed by atoms with van der Waals surface area (Å²) in [5.74, 6) is 0.685. The maximum atomic E-state index is 11.8. The Hall–Kier alpha value is -1.34. The van der Waals surface area contributed by atoms with E-state index in [1.807, 2.05) is 22.2 Å². The molecule has 1 aromatic heterocycles. The van der Waals surface area contributed by atoms with Crippen molar-refractivity contribution in [1.82, 2.24) is 14.5 Å². The SMILES string of the molecule is O=C1/C(=C/c2cn3c(n2)S(=O)CC3)[C@H]2SC=CN12. The van der Waals surface area contributed by atoms with Gasteiger partial charge in [0.05, 0.1) is 22.1 Å². The van der Waals surface area contributed by atoms with Crippen LogP contribution in [0.15, 0.2) is 28.5 Å². The molecule has 0 saturated carbocycles. The third-order valence-corrected chi connectivity index (χ3v) is 5.52. The molecule has 1 saturated heterocycles. The summed E-state index contributed by atoms with van der Waals surface area (Å²) in [6.45, 7) is 0.748. The Morgan fingerprint density at radius 2 is 2.44 bits per heavy atom. The highest BCUT2D eigenvalue weighted by Gasteiger charge is 2.43. The summed E-state index contributed by atoms with van der Waals surface area (Å²) in [5, 5.41) is 2.66. The van der Waals surface area contributed by atoms with Crippen LogP contribution in [0.3, 0.4) is 0 Å². The zero-order chi connectivity index (χ0) is 12.3. The summed E-state index contributed by atoms with van der Waals surface area (Å²) in [6.07, 6.45) is 5.49. The Bertz CT molecular complexity index is 647. The molecule has 0 aromatic carbocycles. The van der Waals surface area contributed by atoms with Gasteiger partial charge in [-0.1, -0.05) is 0 Å². The molecular formula is C11H9N3O2S2. The second-order valence-corrected chi connectivity index (χ2v) is 6.73. The number of nitrogens with zero attached hydrogens (tertiary/aromatic N) is 3. The van der Waals surface area contributed by atoms with E-state index in [1.165, 1.54) is 0 Å². The van der Waals surface area contributed by atoms with E-state index in [2.05, 4.69) is 4.98 Å². The maximum absolute atomic E-state index is 11.8. The highest BCUT2D eigenvalue weighted by atomic mass is 32.2. The maximum Gasteiger partial charge on any atom is 0.258 e. The number of imidazole rings is 1. The van der Waals surface area contributed by atoms with Gasteiger partial charge in [-0.25, -0.2) is 4.98 Å². The van der Waals surface area contributed by atoms with E-state index < -0.39 is 10.8 Å². The van der Waals surface area contributed by atoms with Gasteiger partial charge in [0.1, 0.15) is 5.37 Å². The number of thioether (sulfide) groups is 1. The van der Waals surface area contributed by atoms with Gasteiger partial charge in [0.2, 0.25) is 0 Å². The fourth-order valence-corrected chi connectivity index (χ4v) is 4.42. The minimum atomic E-state index is -0.980. The Kier molecular flexibility index (Phi) is 2.10. The highest BCUT2D eigenvalue weighted by Crippen LogP contribution is 2.41. The average Bonchev–Trinajstić information content (AvgIpc) is 3.02. The van der Waals surface area contributed by atoms with Crippen LogP contribution in [0.25, 0.3) is 6.08 Å². The number of hydrogen-bond donors (Lipinski definition) is 0. The molecule has 18 heavy (non-hydrogen) atoms. The number of carbonyl (C=O) groups is 1. The van der Waals surface area contributed by atoms with Crippen molar-refractivity contribution in [2.75, 3.05) is 5.75 Å². The van der Waals surface area contributed by atoms with Crippen molar-refractivity contribution in [2.24, 2.45) is 0 Å². The van der Waals surface area contributed by atoms with Crippen molar-refractivity contribution < 1.29 is 9.00 Å². The van der Waals surface area contributed by atoms with Crippen LogP contribution in [-0.2, 0) is 22.1 Å². The van der Waals surface area contributed by atoms with E-state index in [1.54, 1.807) is 22.9 Å². The van der Waals surface area contributed by atoms with E-state index in [9.17, 15) is 9.00 Å². The third-order valence-electron chi connectivity index (χ3n) is 3.21. The van der Waals surface area contributed by atoms with Crippen molar-refractivity contribution in [3.8, 4) is 0 Å². The second kappa shape index (κ2) is 3.58. The molecule has 1 unspecified atom stereocenters. The van der Waals surface area contributed by atoms with Crippen LogP contribution in [0.5, 0.6) is 0 Å². The lowest BCUT2D eigenvalue weighted by molar-refractivity contribution is -0.130. The van der Waals surface area contributed by atoms with Gasteiger partial charge in [-0.3, -0.25) is 13.9 Å². The number of carbonyl (C=O) groups excluding carboxylic acids is 1. The molecule has 1 aromatic rings. The molecule has 1 fully saturated rings. The second-order valence-electron chi connectivity index (χ2n) is 4.28. The molecule has 3 aliphatic heterocycles. The predicted octanol–water partition coefficient (Wildman–Crippen LogP) is 0.774. The molecule has 0 aliphatic carbocycles. The van der Waals surface area contributed by atoms with Crippen LogP contribution in [0.2, 0.25) is 0 Å². The smallest absolute Gasteiger partial charge is 0.258 e. The molecule has 2 atom stereocenters. The summed E-state index contributed by atoms with van der Waals surface area (Å²) >= 11 is 1.62. The van der Waals surface area contributed by atoms with Crippen molar-refractivity contribution >= 4 is 34.5 Å². The molecule has 0 spiro atoms. The van der Waals surface area contributed by atoms with Crippen molar-refractivity contribution in [2.45, 2.75) is 17.1 Å². The molecule has 0 N–H and O–H groups in total. The van der Waals surface area contributed by atoms with Crippen LogP contribution >= 0.6 is 11.8 Å². The summed E-state index contributed by atoms with van der Waals surface area (Å²) in [6, 6.07) is 0. The Labute approximate surface area is 110 Å². The van der Waals surface area contributed by atoms with Crippen LogP contribution in [-0.4, -0.2) is 35.7 Å². The first-order chi connectivity index (χ1) is 8.74. The molecular weight excluding hydrogens is 270 g/mol. The standard InChI is InChI=1S/C11H9N3O2S2/c15-9-8(10-14(9)1-3-17-10)5-7-6-13-2-4-18(16)11(13)12-7/h1,3,5-6,10H,2,4H2/b8-5-/t10-,18?/m1/s1. The predicted molar refractivity (Wildman–Crippen MR) is 68.8 cm³/mol. The molecule has 1 amide bonds. The third kappa shape index (κ3) is 1.31. The molecule has 92 valence electrons. The number of aromatic nitrogens is 2. The van der Waals surface area contributed by atoms with Gasteiger partial charge in [0, 0.05) is 24.7 Å². The fourth-order valence-electron chi connectivity index (χ4n) is 2.30. The monoisotopic (exact) mass is 279 g/mol. The Morgan fingerprint density at radius 1 is 1.56 bits per heavy atom. The van der Waals surface area contributed by atoms with E-state index >= 15 is 0 Å². The van der Waals surface area contributed by atoms with Gasteiger partial charge >= 0.3 is 0 Å². The normalized spacial score (nSPS) is 30.8. The molecule has 5 nitrogen and oxygen atoms in total. The zero-order valence-corrected chi connectivity index (χ0v) is 10.9. The highest BCUT2D eigenvalue weighted by molar-refractivity contribution is 8.03. The molecule has 0 bridgehead atoms. The number of amides is 1. The minimum absolute atomic E-state index is 0.0375. The number of rotatable bonds is 1. The van der Waals surface area contributed by atoms with Crippen LogP contribution in [0.1, 0.15) is 5.69 Å². The van der Waals surface area contributed by atoms with E-state index in [0.717, 1.165) is 17.8 Å². The van der Waals surface area contributed by atoms with Gasteiger partial charge in [-0.15, -0.1) is 11.8 Å². The van der Waals surface area contributed by atoms with Crippen molar-refractivity contribution in [3.63, 3.8) is 0 Å². The minimum Gasteiger partial charge on any atom is -0.322 e. The number of aryl methyl sites for hydroxylation is 1. The number of fused-ring (bicyclic) bond motifs is 2. The zero-order valence-electron chi connectivity index (χ0n) is 9.28. The number of hydrogen-bond acceptors (Lipinski definition) is 4. The first-order valence-corrected chi connectivity index (χ1v) is 7.82. The van der Waals surface area contributed by atoms with Gasteiger partial charge in [0.15, 0.2) is 5.16 Å². The molecule has 3 aliphatic rings. The average molecular weight is 279 g/mol. The fraction of sp³-hybridized carbons (Fsp3) is 0.273. The summed E-state index contributed by atoms with van der Waals surface area (Å²) in [5.41, 5.74) is 1.50. The van der Waals surface area contributed by atoms with Crippen LogP contribution in [0, 0.1) is 0 Å². The lowest BCUT2D eigenvalue weighted by Gasteiger charge is -2.35. The van der Waals surface area contributed by atoms with Crippen molar-refractivity contribution in [3.05, 3.63) is 29.1 Å². The first-order valence-electron chi connectivity index (χ1n) is 5.56. The number of β-lactam (4-membered cyclic amide) rings is 1. The molecule has 4 rings (SSSR count). The van der Waals surface area contributed by atoms with Crippen LogP contribution < -0.4 is 0 Å². The van der Waals surface area contributed by atoms with Gasteiger partial charge in [-0.05, 0) is 11.5 Å². The van der Waals surface area contributed by atoms with Crippen LogP contribution in [0.4, 0.5) is 0 Å². The molecule has 0 radical (unpaired) electrons. The summed E-state index contributed by atoms with van der Waals surface area (Å²) in [4.78, 5) is 17.8. The molecule has 4 heterocycles. The van der Waals surface area contributed by atoms with E-state index in [4.69, 9.17) is 0 Å². The van der Waals surface area contributed by atoms with Gasteiger partial charge in [-0.2, -0.15) is 0 Å². The van der Waals surface area contributed by atoms with Gasteiger partial charge < -0.3 is 4.57 Å². The lowest BCUT2D eigenvalue weighted by Crippen LogP contribution is -2.47. The Balaban J connectivity index is 1.68. The Morgan fingerprint density at radius 3 is 3.28 bits per heavy atom.